The lowest BCUT2D eigenvalue weighted by Gasteiger charge is -2.04. The fourth-order valence-corrected chi connectivity index (χ4v) is 2.34. The predicted octanol–water partition coefficient (Wildman–Crippen LogP) is 1.51. The van der Waals surface area contributed by atoms with Gasteiger partial charge in [-0.15, -0.1) is 0 Å². The van der Waals surface area contributed by atoms with Gasteiger partial charge in [-0.05, 0) is 12.0 Å². The number of nitrogens with two attached hydrogens (primary N) is 1. The van der Waals surface area contributed by atoms with Crippen molar-refractivity contribution in [1.82, 2.24) is 20.3 Å². The zero-order chi connectivity index (χ0) is 15.2. The van der Waals surface area contributed by atoms with E-state index in [-0.39, 0.29) is 11.7 Å². The molecule has 0 bridgehead atoms. The Morgan fingerprint density at radius 1 is 1.48 bits per heavy atom. The van der Waals surface area contributed by atoms with Gasteiger partial charge in [0, 0.05) is 12.7 Å². The number of amides is 1. The molecule has 0 aliphatic carbocycles. The molecule has 112 valence electrons. The average molecular weight is 306 g/mol. The number of aromatic nitrogens is 3. The second kappa shape index (κ2) is 6.98. The van der Waals surface area contributed by atoms with Crippen LogP contribution in [0.2, 0.25) is 0 Å². The van der Waals surface area contributed by atoms with Crippen molar-refractivity contribution in [2.75, 3.05) is 17.6 Å². The van der Waals surface area contributed by atoms with E-state index in [1.807, 2.05) is 0 Å². The first-order valence-electron chi connectivity index (χ1n) is 6.59. The van der Waals surface area contributed by atoms with Crippen LogP contribution < -0.4 is 16.4 Å². The highest BCUT2D eigenvalue weighted by Crippen LogP contribution is 2.25. The minimum atomic E-state index is -0.249. The summed E-state index contributed by atoms with van der Waals surface area (Å²) in [5.41, 5.74) is 6.53. The molecule has 0 atom stereocenters. The molecule has 0 spiro atoms. The van der Waals surface area contributed by atoms with Crippen molar-refractivity contribution in [2.45, 2.75) is 20.4 Å². The first-order valence-corrected chi connectivity index (χ1v) is 7.41. The lowest BCUT2D eigenvalue weighted by molar-refractivity contribution is 0.0955. The van der Waals surface area contributed by atoms with Gasteiger partial charge in [-0.1, -0.05) is 25.2 Å². The molecular weight excluding hydrogens is 288 g/mol. The molecule has 0 aliphatic rings. The van der Waals surface area contributed by atoms with E-state index in [2.05, 4.69) is 39.4 Å². The molecule has 2 rings (SSSR count). The Morgan fingerprint density at radius 3 is 2.95 bits per heavy atom. The molecule has 0 saturated heterocycles. The van der Waals surface area contributed by atoms with E-state index in [1.54, 1.807) is 12.3 Å². The minimum absolute atomic E-state index is 0.242. The number of hydrogen-bond donors (Lipinski definition) is 3. The molecule has 8 heteroatoms. The Hall–Kier alpha value is -2.22. The number of nitrogen functional groups attached to an aromatic ring is 1. The van der Waals surface area contributed by atoms with Crippen LogP contribution in [-0.4, -0.2) is 27.4 Å². The molecule has 0 aliphatic heterocycles. The summed E-state index contributed by atoms with van der Waals surface area (Å²) < 4.78 is 0. The van der Waals surface area contributed by atoms with Crippen LogP contribution in [0.4, 0.5) is 10.9 Å². The van der Waals surface area contributed by atoms with Crippen LogP contribution in [0.15, 0.2) is 18.6 Å². The number of rotatable bonds is 6. The van der Waals surface area contributed by atoms with E-state index >= 15 is 0 Å². The topological polar surface area (TPSA) is 106 Å². The standard InChI is InChI=1S/C13H18N6OS/c1-8(2)5-17-13-19-11(14)10(21-13)12(20)16-6-9-3-4-15-7-18-9/h3-4,7-8H,5-6,14H2,1-2H3,(H,16,20)(H,17,19). The van der Waals surface area contributed by atoms with Crippen molar-refractivity contribution in [3.8, 4) is 0 Å². The number of nitrogens with one attached hydrogen (secondary N) is 2. The molecule has 0 aromatic carbocycles. The van der Waals surface area contributed by atoms with Crippen LogP contribution in [-0.2, 0) is 6.54 Å². The van der Waals surface area contributed by atoms with Crippen LogP contribution in [0.25, 0.3) is 0 Å². The SMILES string of the molecule is CC(C)CNc1nc(N)c(C(=O)NCc2ccncn2)s1. The summed E-state index contributed by atoms with van der Waals surface area (Å²) in [4.78, 5) is 24.5. The second-order valence-electron chi connectivity index (χ2n) is 4.89. The summed E-state index contributed by atoms with van der Waals surface area (Å²) in [6, 6.07) is 1.74. The number of nitrogens with zero attached hydrogens (tertiary/aromatic N) is 3. The third kappa shape index (κ3) is 4.38. The number of anilines is 2. The van der Waals surface area contributed by atoms with Gasteiger partial charge >= 0.3 is 0 Å². The number of carbonyl (C=O) groups is 1. The molecule has 0 fully saturated rings. The second-order valence-corrected chi connectivity index (χ2v) is 5.89. The maximum atomic E-state index is 12.1. The van der Waals surface area contributed by atoms with E-state index in [0.29, 0.717) is 22.5 Å². The molecule has 0 radical (unpaired) electrons. The van der Waals surface area contributed by atoms with Gasteiger partial charge in [0.25, 0.3) is 5.91 Å². The molecule has 0 saturated carbocycles. The maximum Gasteiger partial charge on any atom is 0.265 e. The summed E-state index contributed by atoms with van der Waals surface area (Å²) in [5, 5.41) is 6.59. The van der Waals surface area contributed by atoms with Gasteiger partial charge in [-0.25, -0.2) is 15.0 Å². The monoisotopic (exact) mass is 306 g/mol. The van der Waals surface area contributed by atoms with Crippen LogP contribution in [0.5, 0.6) is 0 Å². The van der Waals surface area contributed by atoms with Crippen molar-refractivity contribution in [3.63, 3.8) is 0 Å². The van der Waals surface area contributed by atoms with Gasteiger partial charge in [0.15, 0.2) is 5.13 Å². The molecule has 1 amide bonds. The highest BCUT2D eigenvalue weighted by atomic mass is 32.1. The summed E-state index contributed by atoms with van der Waals surface area (Å²) in [6.45, 7) is 5.31. The lowest BCUT2D eigenvalue weighted by Crippen LogP contribution is -2.23. The van der Waals surface area contributed by atoms with E-state index in [0.717, 1.165) is 12.2 Å². The van der Waals surface area contributed by atoms with Crippen LogP contribution in [0.3, 0.4) is 0 Å². The van der Waals surface area contributed by atoms with Crippen molar-refractivity contribution in [3.05, 3.63) is 29.2 Å². The quantitative estimate of drug-likeness (QED) is 0.747. The maximum absolute atomic E-state index is 12.1. The molecule has 0 unspecified atom stereocenters. The number of thiazole rings is 1. The zero-order valence-corrected chi connectivity index (χ0v) is 12.8. The average Bonchev–Trinajstić information content (AvgIpc) is 2.85. The molecular formula is C13H18N6OS. The van der Waals surface area contributed by atoms with Crippen molar-refractivity contribution >= 4 is 28.2 Å². The summed E-state index contributed by atoms with van der Waals surface area (Å²) in [7, 11) is 0. The molecule has 4 N–H and O–H groups in total. The molecule has 2 aromatic rings. The van der Waals surface area contributed by atoms with Gasteiger partial charge in [-0.3, -0.25) is 4.79 Å². The predicted molar refractivity (Wildman–Crippen MR) is 83.1 cm³/mol. The third-order valence-electron chi connectivity index (χ3n) is 2.59. The third-order valence-corrected chi connectivity index (χ3v) is 3.62. The Labute approximate surface area is 127 Å². The Morgan fingerprint density at radius 2 is 2.29 bits per heavy atom. The van der Waals surface area contributed by atoms with Gasteiger partial charge in [0.1, 0.15) is 17.0 Å². The van der Waals surface area contributed by atoms with Crippen LogP contribution in [0.1, 0.15) is 29.2 Å². The van der Waals surface area contributed by atoms with Gasteiger partial charge in [0.05, 0.1) is 12.2 Å². The first kappa shape index (κ1) is 15.2. The van der Waals surface area contributed by atoms with E-state index in [9.17, 15) is 4.79 Å². The normalized spacial score (nSPS) is 10.6. The zero-order valence-electron chi connectivity index (χ0n) is 12.0. The summed E-state index contributed by atoms with van der Waals surface area (Å²) in [5.74, 6) is 0.484. The van der Waals surface area contributed by atoms with Crippen molar-refractivity contribution in [1.29, 1.82) is 0 Å². The van der Waals surface area contributed by atoms with Crippen molar-refractivity contribution in [2.24, 2.45) is 5.92 Å². The highest BCUT2D eigenvalue weighted by Gasteiger charge is 2.16. The number of hydrogen-bond acceptors (Lipinski definition) is 7. The van der Waals surface area contributed by atoms with Crippen LogP contribution >= 0.6 is 11.3 Å². The highest BCUT2D eigenvalue weighted by molar-refractivity contribution is 7.18. The molecule has 7 nitrogen and oxygen atoms in total. The smallest absolute Gasteiger partial charge is 0.265 e. The fourth-order valence-electron chi connectivity index (χ4n) is 1.54. The fraction of sp³-hybridized carbons (Fsp3) is 0.385. The van der Waals surface area contributed by atoms with E-state index in [1.165, 1.54) is 17.7 Å². The largest absolute Gasteiger partial charge is 0.382 e. The Bertz CT molecular complexity index is 598. The minimum Gasteiger partial charge on any atom is -0.382 e. The summed E-state index contributed by atoms with van der Waals surface area (Å²) in [6.07, 6.45) is 3.07. The Balaban J connectivity index is 1.96. The van der Waals surface area contributed by atoms with Gasteiger partial charge in [0.2, 0.25) is 0 Å². The molecule has 21 heavy (non-hydrogen) atoms. The lowest BCUT2D eigenvalue weighted by atomic mass is 10.2. The van der Waals surface area contributed by atoms with E-state index < -0.39 is 0 Å². The Kier molecular flexibility index (Phi) is 5.04. The van der Waals surface area contributed by atoms with Gasteiger partial charge < -0.3 is 16.4 Å². The number of carbonyl (C=O) groups excluding carboxylic acids is 1. The van der Waals surface area contributed by atoms with Crippen LogP contribution in [0, 0.1) is 5.92 Å². The first-order chi connectivity index (χ1) is 10.1. The van der Waals surface area contributed by atoms with Crippen molar-refractivity contribution < 1.29 is 4.79 Å². The van der Waals surface area contributed by atoms with E-state index in [4.69, 9.17) is 5.73 Å². The van der Waals surface area contributed by atoms with Gasteiger partial charge in [-0.2, -0.15) is 0 Å². The molecule has 2 aromatic heterocycles. The summed E-state index contributed by atoms with van der Waals surface area (Å²) >= 11 is 1.25. The molecule has 2 heterocycles.